The lowest BCUT2D eigenvalue weighted by Crippen LogP contribution is -2.53. The van der Waals surface area contributed by atoms with Crippen molar-refractivity contribution in [3.8, 4) is 11.4 Å². The van der Waals surface area contributed by atoms with Crippen molar-refractivity contribution in [1.29, 1.82) is 0 Å². The predicted molar refractivity (Wildman–Crippen MR) is 89.4 cm³/mol. The highest BCUT2D eigenvalue weighted by Gasteiger charge is 2.37. The number of aryl methyl sites for hydroxylation is 1. The first-order chi connectivity index (χ1) is 11.6. The topological polar surface area (TPSA) is 69.3 Å². The van der Waals surface area contributed by atoms with E-state index in [1.165, 1.54) is 0 Å². The Kier molecular flexibility index (Phi) is 3.59. The minimum Gasteiger partial charge on any atom is -0.341 e. The number of carbonyl (C=O) groups is 2. The molecule has 0 aliphatic carbocycles. The largest absolute Gasteiger partial charge is 0.341 e. The van der Waals surface area contributed by atoms with Crippen LogP contribution >= 0.6 is 0 Å². The first-order valence-electron chi connectivity index (χ1n) is 8.34. The lowest BCUT2D eigenvalue weighted by Gasteiger charge is -2.37. The number of hydrogen-bond acceptors (Lipinski definition) is 3. The van der Waals surface area contributed by atoms with Gasteiger partial charge in [0.05, 0.1) is 0 Å². The summed E-state index contributed by atoms with van der Waals surface area (Å²) in [5, 5.41) is 0. The molecule has 0 bridgehead atoms. The Morgan fingerprint density at radius 3 is 2.83 bits per heavy atom. The van der Waals surface area contributed by atoms with Crippen LogP contribution in [0.15, 0.2) is 30.3 Å². The van der Waals surface area contributed by atoms with Crippen molar-refractivity contribution in [3.05, 3.63) is 41.7 Å². The van der Waals surface area contributed by atoms with Crippen LogP contribution in [0, 0.1) is 6.92 Å². The average molecular weight is 324 g/mol. The van der Waals surface area contributed by atoms with Crippen molar-refractivity contribution >= 4 is 11.8 Å². The summed E-state index contributed by atoms with van der Waals surface area (Å²) in [5.74, 6) is 0.880. The molecular formula is C18H20N4O2. The van der Waals surface area contributed by atoms with Crippen LogP contribution in [-0.2, 0) is 4.79 Å². The Labute approximate surface area is 140 Å². The standard InChI is InChI=1S/C18H20N4O2/c1-12-16(20-17(19-12)13-5-3-2-4-6-13)18(24)21-9-10-22-14(11-21)7-8-15(22)23/h2-6,14H,7-11H2,1H3,(H,19,20). The number of amides is 2. The molecule has 0 radical (unpaired) electrons. The fraction of sp³-hybridized carbons (Fsp3) is 0.389. The summed E-state index contributed by atoms with van der Waals surface area (Å²) < 4.78 is 0. The molecule has 6 nitrogen and oxygen atoms in total. The Morgan fingerprint density at radius 2 is 2.04 bits per heavy atom. The minimum atomic E-state index is -0.0510. The van der Waals surface area contributed by atoms with E-state index in [1.807, 2.05) is 47.1 Å². The molecule has 0 spiro atoms. The lowest BCUT2D eigenvalue weighted by atomic mass is 10.1. The summed E-state index contributed by atoms with van der Waals surface area (Å²) in [4.78, 5) is 36.1. The van der Waals surface area contributed by atoms with E-state index in [2.05, 4.69) is 9.97 Å². The number of hydrogen-bond donors (Lipinski definition) is 1. The summed E-state index contributed by atoms with van der Waals surface area (Å²) >= 11 is 0. The summed E-state index contributed by atoms with van der Waals surface area (Å²) in [6.45, 7) is 3.69. The van der Waals surface area contributed by atoms with Crippen molar-refractivity contribution in [2.24, 2.45) is 0 Å². The monoisotopic (exact) mass is 324 g/mol. The molecule has 2 aliphatic rings. The molecule has 2 fully saturated rings. The second-order valence-corrected chi connectivity index (χ2v) is 6.46. The van der Waals surface area contributed by atoms with Crippen LogP contribution in [0.25, 0.3) is 11.4 Å². The number of rotatable bonds is 2. The Hall–Kier alpha value is -2.63. The highest BCUT2D eigenvalue weighted by Crippen LogP contribution is 2.25. The van der Waals surface area contributed by atoms with Crippen molar-refractivity contribution in [3.63, 3.8) is 0 Å². The molecule has 3 heterocycles. The van der Waals surface area contributed by atoms with Crippen LogP contribution in [0.3, 0.4) is 0 Å². The van der Waals surface area contributed by atoms with Crippen LogP contribution in [0.4, 0.5) is 0 Å². The van der Waals surface area contributed by atoms with Gasteiger partial charge in [0.1, 0.15) is 11.5 Å². The van der Waals surface area contributed by atoms with E-state index < -0.39 is 0 Å². The smallest absolute Gasteiger partial charge is 0.274 e. The summed E-state index contributed by atoms with van der Waals surface area (Å²) in [7, 11) is 0. The van der Waals surface area contributed by atoms with E-state index in [-0.39, 0.29) is 17.9 Å². The molecular weight excluding hydrogens is 304 g/mol. The van der Waals surface area contributed by atoms with Gasteiger partial charge in [0.15, 0.2) is 0 Å². The average Bonchev–Trinajstić information content (AvgIpc) is 3.18. The molecule has 1 unspecified atom stereocenters. The van der Waals surface area contributed by atoms with Gasteiger partial charge >= 0.3 is 0 Å². The maximum Gasteiger partial charge on any atom is 0.274 e. The second-order valence-electron chi connectivity index (χ2n) is 6.46. The van der Waals surface area contributed by atoms with Gasteiger partial charge < -0.3 is 14.8 Å². The Morgan fingerprint density at radius 1 is 1.25 bits per heavy atom. The number of nitrogens with zero attached hydrogens (tertiary/aromatic N) is 3. The molecule has 1 aromatic heterocycles. The predicted octanol–water partition coefficient (Wildman–Crippen LogP) is 1.83. The van der Waals surface area contributed by atoms with E-state index in [9.17, 15) is 9.59 Å². The van der Waals surface area contributed by atoms with Crippen molar-refractivity contribution in [1.82, 2.24) is 19.8 Å². The first kappa shape index (κ1) is 14.9. The maximum absolute atomic E-state index is 12.9. The van der Waals surface area contributed by atoms with Crippen LogP contribution in [-0.4, -0.2) is 57.3 Å². The number of fused-ring (bicyclic) bond motifs is 1. The van der Waals surface area contributed by atoms with Crippen molar-refractivity contribution < 1.29 is 9.59 Å². The first-order valence-corrected chi connectivity index (χ1v) is 8.34. The van der Waals surface area contributed by atoms with Gasteiger partial charge in [0.2, 0.25) is 5.91 Å². The van der Waals surface area contributed by atoms with Gasteiger partial charge in [0.25, 0.3) is 5.91 Å². The summed E-state index contributed by atoms with van der Waals surface area (Å²) in [5.41, 5.74) is 2.22. The number of imidazole rings is 1. The van der Waals surface area contributed by atoms with Gasteiger partial charge in [-0.25, -0.2) is 4.98 Å². The van der Waals surface area contributed by atoms with Gasteiger partial charge in [-0.2, -0.15) is 0 Å². The maximum atomic E-state index is 12.9. The molecule has 1 N–H and O–H groups in total. The third-order valence-electron chi connectivity index (χ3n) is 4.92. The molecule has 1 atom stereocenters. The molecule has 2 aromatic rings. The minimum absolute atomic E-state index is 0.0510. The Balaban J connectivity index is 1.55. The van der Waals surface area contributed by atoms with E-state index in [1.54, 1.807) is 0 Å². The number of H-pyrrole nitrogens is 1. The highest BCUT2D eigenvalue weighted by molar-refractivity contribution is 5.94. The fourth-order valence-corrected chi connectivity index (χ4v) is 3.60. The van der Waals surface area contributed by atoms with Gasteiger partial charge in [-0.3, -0.25) is 9.59 Å². The van der Waals surface area contributed by atoms with Gasteiger partial charge in [-0.15, -0.1) is 0 Å². The van der Waals surface area contributed by atoms with Gasteiger partial charge in [0, 0.05) is 43.4 Å². The number of benzene rings is 1. The molecule has 1 aromatic carbocycles. The molecule has 124 valence electrons. The molecule has 4 rings (SSSR count). The number of aromatic nitrogens is 2. The zero-order valence-corrected chi connectivity index (χ0v) is 13.7. The van der Waals surface area contributed by atoms with Crippen molar-refractivity contribution in [2.75, 3.05) is 19.6 Å². The fourth-order valence-electron chi connectivity index (χ4n) is 3.60. The summed E-state index contributed by atoms with van der Waals surface area (Å²) in [6, 6.07) is 9.96. The zero-order chi connectivity index (χ0) is 16.7. The normalized spacial score (nSPS) is 20.4. The zero-order valence-electron chi connectivity index (χ0n) is 13.7. The van der Waals surface area contributed by atoms with E-state index in [4.69, 9.17) is 0 Å². The quantitative estimate of drug-likeness (QED) is 0.916. The number of carbonyl (C=O) groups excluding carboxylic acids is 2. The summed E-state index contributed by atoms with van der Waals surface area (Å²) in [6.07, 6.45) is 1.45. The van der Waals surface area contributed by atoms with E-state index in [0.717, 1.165) is 17.7 Å². The SMILES string of the molecule is Cc1[nH]c(-c2ccccc2)nc1C(=O)N1CCN2C(=O)CCC2C1. The van der Waals surface area contributed by atoms with Gasteiger partial charge in [-0.1, -0.05) is 30.3 Å². The van der Waals surface area contributed by atoms with Crippen LogP contribution < -0.4 is 0 Å². The molecule has 2 amide bonds. The van der Waals surface area contributed by atoms with Crippen molar-refractivity contribution in [2.45, 2.75) is 25.8 Å². The third-order valence-corrected chi connectivity index (χ3v) is 4.92. The van der Waals surface area contributed by atoms with Gasteiger partial charge in [-0.05, 0) is 13.3 Å². The van der Waals surface area contributed by atoms with Crippen LogP contribution in [0.1, 0.15) is 29.0 Å². The molecule has 2 saturated heterocycles. The molecule has 2 aliphatic heterocycles. The van der Waals surface area contributed by atoms with Crippen LogP contribution in [0.5, 0.6) is 0 Å². The van der Waals surface area contributed by atoms with E-state index in [0.29, 0.717) is 37.6 Å². The molecule has 6 heteroatoms. The Bertz CT molecular complexity index is 784. The number of nitrogens with one attached hydrogen (secondary N) is 1. The third kappa shape index (κ3) is 2.48. The number of piperazine rings is 1. The second kappa shape index (κ2) is 5.78. The molecule has 24 heavy (non-hydrogen) atoms. The van der Waals surface area contributed by atoms with E-state index >= 15 is 0 Å². The number of aromatic amines is 1. The highest BCUT2D eigenvalue weighted by atomic mass is 16.2. The molecule has 0 saturated carbocycles. The van der Waals surface area contributed by atoms with Crippen LogP contribution in [0.2, 0.25) is 0 Å². The lowest BCUT2D eigenvalue weighted by molar-refractivity contribution is -0.130.